The van der Waals surface area contributed by atoms with Crippen LogP contribution >= 0.6 is 0 Å². The highest BCUT2D eigenvalue weighted by Crippen LogP contribution is 2.15. The van der Waals surface area contributed by atoms with Crippen LogP contribution in [0.5, 0.6) is 0 Å². The summed E-state index contributed by atoms with van der Waals surface area (Å²) in [5, 5.41) is 6.53. The number of carbonyl (C=O) groups excluding carboxylic acids is 2. The van der Waals surface area contributed by atoms with Crippen LogP contribution in [-0.4, -0.2) is 36.1 Å². The molecule has 8 heteroatoms. The lowest BCUT2D eigenvalue weighted by atomic mass is 10.2. The molecule has 0 unspecified atom stereocenters. The van der Waals surface area contributed by atoms with Gasteiger partial charge in [0, 0.05) is 18.1 Å². The second-order valence-electron chi connectivity index (χ2n) is 5.59. The Balaban J connectivity index is 1.72. The highest BCUT2D eigenvalue weighted by molar-refractivity contribution is 7.90. The highest BCUT2D eigenvalue weighted by Gasteiger charge is 2.19. The molecule has 3 rings (SSSR count). The molecule has 0 saturated carbocycles. The topological polar surface area (TPSA) is 98.1 Å². The van der Waals surface area contributed by atoms with Gasteiger partial charge in [0.25, 0.3) is 11.7 Å². The molecule has 0 fully saturated rings. The lowest BCUT2D eigenvalue weighted by molar-refractivity contribution is -0.112. The number of anilines is 1. The molecule has 0 bridgehead atoms. The van der Waals surface area contributed by atoms with Crippen molar-refractivity contribution in [1.29, 1.82) is 0 Å². The Morgan fingerprint density at radius 2 is 1.65 bits per heavy atom. The minimum absolute atomic E-state index is 0.131. The summed E-state index contributed by atoms with van der Waals surface area (Å²) in [6.07, 6.45) is 3.89. The van der Waals surface area contributed by atoms with Crippen molar-refractivity contribution in [2.45, 2.75) is 4.90 Å². The number of rotatable bonds is 5. The summed E-state index contributed by atoms with van der Waals surface area (Å²) in [5.41, 5.74) is 1.24. The number of aromatic nitrogens is 2. The van der Waals surface area contributed by atoms with E-state index in [1.165, 1.54) is 41.3 Å². The van der Waals surface area contributed by atoms with Gasteiger partial charge in [-0.1, -0.05) is 18.2 Å². The molecule has 2 aromatic carbocycles. The second-order valence-corrected chi connectivity index (χ2v) is 7.60. The van der Waals surface area contributed by atoms with Gasteiger partial charge < -0.3 is 5.32 Å². The van der Waals surface area contributed by atoms with Crippen molar-refractivity contribution in [1.82, 2.24) is 9.78 Å². The molecule has 0 aliphatic rings. The number of hydrogen-bond acceptors (Lipinski definition) is 5. The Kier molecular flexibility index (Phi) is 4.68. The van der Waals surface area contributed by atoms with Crippen LogP contribution in [0.2, 0.25) is 0 Å². The average Bonchev–Trinajstić information content (AvgIpc) is 3.11. The fraction of sp³-hybridized carbons (Fsp3) is 0.0556. The van der Waals surface area contributed by atoms with Gasteiger partial charge in [-0.15, -0.1) is 0 Å². The first-order valence-electron chi connectivity index (χ1n) is 7.60. The molecule has 0 aliphatic heterocycles. The van der Waals surface area contributed by atoms with E-state index in [2.05, 4.69) is 10.4 Å². The second kappa shape index (κ2) is 6.93. The van der Waals surface area contributed by atoms with E-state index in [9.17, 15) is 18.0 Å². The quantitative estimate of drug-likeness (QED) is 0.549. The van der Waals surface area contributed by atoms with Gasteiger partial charge in [-0.25, -0.2) is 13.1 Å². The number of benzene rings is 2. The van der Waals surface area contributed by atoms with E-state index in [4.69, 9.17) is 0 Å². The predicted molar refractivity (Wildman–Crippen MR) is 96.1 cm³/mol. The van der Waals surface area contributed by atoms with E-state index < -0.39 is 21.5 Å². The highest BCUT2D eigenvalue weighted by atomic mass is 32.2. The van der Waals surface area contributed by atoms with Gasteiger partial charge in [0.15, 0.2) is 9.84 Å². The Morgan fingerprint density at radius 1 is 1.00 bits per heavy atom. The number of carbonyl (C=O) groups is 2. The number of Topliss-reactive ketones (excluding diaryl/α,β-unsaturated/α-hetero) is 1. The van der Waals surface area contributed by atoms with Crippen molar-refractivity contribution in [2.75, 3.05) is 11.6 Å². The van der Waals surface area contributed by atoms with E-state index in [1.807, 2.05) is 30.3 Å². The molecule has 1 heterocycles. The summed E-state index contributed by atoms with van der Waals surface area (Å²) < 4.78 is 24.4. The summed E-state index contributed by atoms with van der Waals surface area (Å²) in [7, 11) is -3.32. The Labute approximate surface area is 150 Å². The first-order chi connectivity index (χ1) is 12.3. The zero-order chi connectivity index (χ0) is 18.7. The molecule has 1 N–H and O–H groups in total. The molecule has 0 spiro atoms. The van der Waals surface area contributed by atoms with Crippen LogP contribution < -0.4 is 5.32 Å². The smallest absolute Gasteiger partial charge is 0.296 e. The molecule has 132 valence electrons. The summed E-state index contributed by atoms with van der Waals surface area (Å²) in [4.78, 5) is 24.5. The fourth-order valence-electron chi connectivity index (χ4n) is 2.27. The average molecular weight is 369 g/mol. The first-order valence-corrected chi connectivity index (χ1v) is 9.49. The van der Waals surface area contributed by atoms with Crippen molar-refractivity contribution in [3.05, 3.63) is 72.6 Å². The maximum absolute atomic E-state index is 12.3. The lowest BCUT2D eigenvalue weighted by Crippen LogP contribution is -2.22. The van der Waals surface area contributed by atoms with Crippen molar-refractivity contribution >= 4 is 27.2 Å². The van der Waals surface area contributed by atoms with Gasteiger partial charge >= 0.3 is 0 Å². The molecule has 0 aliphatic carbocycles. The summed E-state index contributed by atoms with van der Waals surface area (Å²) in [5.74, 6) is -1.57. The SMILES string of the molecule is CS(=O)(=O)c1ccc(NC(=O)C(=O)c2cnn(-c3ccccc3)c2)cc1. The monoisotopic (exact) mass is 369 g/mol. The van der Waals surface area contributed by atoms with Crippen LogP contribution in [0.25, 0.3) is 5.69 Å². The van der Waals surface area contributed by atoms with Crippen molar-refractivity contribution in [2.24, 2.45) is 0 Å². The molecule has 7 nitrogen and oxygen atoms in total. The van der Waals surface area contributed by atoms with Crippen LogP contribution in [0.4, 0.5) is 5.69 Å². The molecule has 1 aromatic heterocycles. The maximum atomic E-state index is 12.3. The molecule has 26 heavy (non-hydrogen) atoms. The number of nitrogens with one attached hydrogen (secondary N) is 1. The number of nitrogens with zero attached hydrogens (tertiary/aromatic N) is 2. The van der Waals surface area contributed by atoms with Gasteiger partial charge in [-0.2, -0.15) is 5.10 Å². The number of sulfone groups is 1. The molecule has 0 radical (unpaired) electrons. The molecule has 3 aromatic rings. The molecular formula is C18H15N3O4S. The first kappa shape index (κ1) is 17.6. The Hall–Kier alpha value is -3.26. The van der Waals surface area contributed by atoms with E-state index in [0.29, 0.717) is 5.69 Å². The van der Waals surface area contributed by atoms with E-state index >= 15 is 0 Å². The molecule has 0 atom stereocenters. The zero-order valence-electron chi connectivity index (χ0n) is 13.8. The number of amides is 1. The fourth-order valence-corrected chi connectivity index (χ4v) is 2.90. The van der Waals surface area contributed by atoms with Gasteiger partial charge in [-0.3, -0.25) is 9.59 Å². The number of hydrogen-bond donors (Lipinski definition) is 1. The van der Waals surface area contributed by atoms with Crippen LogP contribution in [0.3, 0.4) is 0 Å². The van der Waals surface area contributed by atoms with Gasteiger partial charge in [0.05, 0.1) is 22.3 Å². The Morgan fingerprint density at radius 3 is 2.27 bits per heavy atom. The van der Waals surface area contributed by atoms with Crippen LogP contribution in [0.1, 0.15) is 10.4 Å². The largest absolute Gasteiger partial charge is 0.319 e. The van der Waals surface area contributed by atoms with Gasteiger partial charge in [-0.05, 0) is 36.4 Å². The van der Waals surface area contributed by atoms with E-state index in [1.54, 1.807) is 0 Å². The maximum Gasteiger partial charge on any atom is 0.296 e. The summed E-state index contributed by atoms with van der Waals surface area (Å²) in [6, 6.07) is 14.8. The van der Waals surface area contributed by atoms with Crippen LogP contribution in [0, 0.1) is 0 Å². The third kappa shape index (κ3) is 3.86. The van der Waals surface area contributed by atoms with Crippen molar-refractivity contribution in [3.63, 3.8) is 0 Å². The van der Waals surface area contributed by atoms with Crippen molar-refractivity contribution in [3.8, 4) is 5.69 Å². The molecule has 1 amide bonds. The lowest BCUT2D eigenvalue weighted by Gasteiger charge is -2.04. The molecule has 0 saturated heterocycles. The predicted octanol–water partition coefficient (Wildman–Crippen LogP) is 2.10. The van der Waals surface area contributed by atoms with Gasteiger partial charge in [0.1, 0.15) is 0 Å². The number of para-hydroxylation sites is 1. The number of ketones is 1. The normalized spacial score (nSPS) is 11.1. The van der Waals surface area contributed by atoms with Crippen LogP contribution in [0.15, 0.2) is 71.9 Å². The van der Waals surface area contributed by atoms with Gasteiger partial charge in [0.2, 0.25) is 0 Å². The summed E-state index contributed by atoms with van der Waals surface area (Å²) >= 11 is 0. The third-order valence-electron chi connectivity index (χ3n) is 3.61. The van der Waals surface area contributed by atoms with Crippen LogP contribution in [-0.2, 0) is 14.6 Å². The van der Waals surface area contributed by atoms with E-state index in [0.717, 1.165) is 11.9 Å². The Bertz CT molecular complexity index is 1060. The third-order valence-corrected chi connectivity index (χ3v) is 4.74. The minimum Gasteiger partial charge on any atom is -0.319 e. The van der Waals surface area contributed by atoms with Crippen molar-refractivity contribution < 1.29 is 18.0 Å². The summed E-state index contributed by atoms with van der Waals surface area (Å²) in [6.45, 7) is 0. The standard InChI is InChI=1S/C18H15N3O4S/c1-26(24,25)16-9-7-14(8-10-16)20-18(23)17(22)13-11-19-21(12-13)15-5-3-2-4-6-15/h2-12H,1H3,(H,20,23). The zero-order valence-corrected chi connectivity index (χ0v) is 14.6. The minimum atomic E-state index is -3.32. The molecular weight excluding hydrogens is 354 g/mol. The van der Waals surface area contributed by atoms with E-state index in [-0.39, 0.29) is 10.5 Å².